The van der Waals surface area contributed by atoms with Gasteiger partial charge in [0.25, 0.3) is 5.56 Å². The first-order valence-corrected chi connectivity index (χ1v) is 11.8. The van der Waals surface area contributed by atoms with E-state index in [4.69, 9.17) is 11.6 Å². The zero-order valence-corrected chi connectivity index (χ0v) is 20.1. The smallest absolute Gasteiger partial charge is 0.352 e. The van der Waals surface area contributed by atoms with Crippen LogP contribution in [0.3, 0.4) is 0 Å². The van der Waals surface area contributed by atoms with Gasteiger partial charge in [-0.25, -0.2) is 9.18 Å². The molecule has 3 aromatic heterocycles. The lowest BCUT2D eigenvalue weighted by molar-refractivity contribution is -0.119. The Balaban J connectivity index is 1.33. The van der Waals surface area contributed by atoms with Crippen LogP contribution in [-0.2, 0) is 11.2 Å². The number of pyridine rings is 1. The molecule has 0 bridgehead atoms. The molecule has 1 aliphatic heterocycles. The van der Waals surface area contributed by atoms with E-state index in [1.807, 2.05) is 0 Å². The number of halogens is 2. The minimum Gasteiger partial charge on any atom is -0.477 e. The summed E-state index contributed by atoms with van der Waals surface area (Å²) in [4.78, 5) is 40.4. The third-order valence-electron chi connectivity index (χ3n) is 6.51. The van der Waals surface area contributed by atoms with Gasteiger partial charge >= 0.3 is 5.97 Å². The second-order valence-electron chi connectivity index (χ2n) is 8.79. The fourth-order valence-electron chi connectivity index (χ4n) is 4.82. The molecule has 13 heteroatoms. The highest BCUT2D eigenvalue weighted by Crippen LogP contribution is 2.35. The summed E-state index contributed by atoms with van der Waals surface area (Å²) in [5, 5.41) is 23.5. The quantitative estimate of drug-likeness (QED) is 0.312. The van der Waals surface area contributed by atoms with Crippen molar-refractivity contribution in [2.24, 2.45) is 0 Å². The van der Waals surface area contributed by atoms with E-state index in [1.54, 1.807) is 30.3 Å². The van der Waals surface area contributed by atoms with Crippen molar-refractivity contribution in [3.05, 3.63) is 87.4 Å². The number of fused-ring (bicyclic) bond motifs is 2. The van der Waals surface area contributed by atoms with Gasteiger partial charge in [-0.15, -0.1) is 5.10 Å². The van der Waals surface area contributed by atoms with E-state index in [0.717, 1.165) is 0 Å². The molecule has 0 fully saturated rings. The number of H-pyrrole nitrogens is 1. The number of rotatable bonds is 5. The van der Waals surface area contributed by atoms with Crippen LogP contribution < -0.4 is 10.9 Å². The van der Waals surface area contributed by atoms with Crippen molar-refractivity contribution in [2.45, 2.75) is 18.9 Å². The number of tetrazole rings is 1. The van der Waals surface area contributed by atoms with Gasteiger partial charge in [0, 0.05) is 33.9 Å². The van der Waals surface area contributed by atoms with Gasteiger partial charge in [-0.05, 0) is 71.3 Å². The van der Waals surface area contributed by atoms with Crippen LogP contribution in [0.2, 0.25) is 5.02 Å². The van der Waals surface area contributed by atoms with E-state index in [2.05, 4.69) is 25.8 Å². The van der Waals surface area contributed by atoms with Crippen molar-refractivity contribution in [3.8, 4) is 16.8 Å². The summed E-state index contributed by atoms with van der Waals surface area (Å²) in [6, 6.07) is 11.5. The molecule has 1 amide bonds. The van der Waals surface area contributed by atoms with E-state index in [1.165, 1.54) is 33.8 Å². The second kappa shape index (κ2) is 8.92. The summed E-state index contributed by atoms with van der Waals surface area (Å²) in [6.45, 7) is 0. The predicted octanol–water partition coefficient (Wildman–Crippen LogP) is 3.59. The summed E-state index contributed by atoms with van der Waals surface area (Å²) < 4.78 is 17.9. The number of carboxylic acids is 1. The molecule has 6 rings (SSSR count). The molecule has 1 atom stereocenters. The highest BCUT2D eigenvalue weighted by molar-refractivity contribution is 6.31. The first kappa shape index (κ1) is 23.6. The number of carboxylic acid groups (broad SMARTS) is 1. The van der Waals surface area contributed by atoms with E-state index in [9.17, 15) is 19.5 Å². The van der Waals surface area contributed by atoms with Crippen LogP contribution >= 0.6 is 11.6 Å². The molecule has 0 saturated carbocycles. The van der Waals surface area contributed by atoms with Gasteiger partial charge in [0.05, 0.1) is 10.7 Å². The number of carbonyl (C=O) groups excluding carboxylic acids is 1. The average Bonchev–Trinajstić information content (AvgIpc) is 3.65. The minimum absolute atomic E-state index is 0.0370. The van der Waals surface area contributed by atoms with Crippen LogP contribution in [-0.4, -0.2) is 46.7 Å². The molecule has 0 spiro atoms. The molecule has 38 heavy (non-hydrogen) atoms. The SMILES string of the molecule is O=C(O)c1cc2cc(NC(=O)[C@@H]3CCc4cc(-c5c(-n6cnnn6)ccc(Cl)c5F)cc(=O)n43)ccc2[nH]1. The van der Waals surface area contributed by atoms with E-state index >= 15 is 4.39 Å². The summed E-state index contributed by atoms with van der Waals surface area (Å²) in [5.74, 6) is -2.20. The molecule has 0 unspecified atom stereocenters. The number of nitrogens with one attached hydrogen (secondary N) is 2. The lowest BCUT2D eigenvalue weighted by atomic mass is 10.0. The predicted molar refractivity (Wildman–Crippen MR) is 135 cm³/mol. The largest absolute Gasteiger partial charge is 0.477 e. The number of aromatic amines is 1. The third-order valence-corrected chi connectivity index (χ3v) is 6.80. The van der Waals surface area contributed by atoms with Crippen LogP contribution in [0.1, 0.15) is 28.6 Å². The number of carbonyl (C=O) groups is 2. The standard InChI is InChI=1S/C25H17ClFN7O4/c26-16-3-6-19(33-11-28-31-32-33)22(23(16)27)13-8-15-2-5-20(34(15)21(35)10-13)24(36)29-14-1-4-17-12(7-14)9-18(30-17)25(37)38/h1,3-4,6-11,20,30H,2,5H2,(H,29,36)(H,37,38)/t20-/m0/s1. The Morgan fingerprint density at radius 1 is 1.16 bits per heavy atom. The van der Waals surface area contributed by atoms with Gasteiger partial charge in [0.1, 0.15) is 18.1 Å². The number of amides is 1. The molecular formula is C25H17ClFN7O4. The van der Waals surface area contributed by atoms with Crippen LogP contribution in [0.5, 0.6) is 0 Å². The molecule has 190 valence electrons. The molecule has 0 aliphatic carbocycles. The minimum atomic E-state index is -1.09. The maximum Gasteiger partial charge on any atom is 0.352 e. The Hall–Kier alpha value is -4.84. The zero-order valence-electron chi connectivity index (χ0n) is 19.4. The highest BCUT2D eigenvalue weighted by Gasteiger charge is 2.30. The van der Waals surface area contributed by atoms with Gasteiger partial charge < -0.3 is 20.0 Å². The average molecular weight is 534 g/mol. The number of nitrogens with zero attached hydrogens (tertiary/aromatic N) is 5. The van der Waals surface area contributed by atoms with Crippen molar-refractivity contribution in [1.29, 1.82) is 0 Å². The van der Waals surface area contributed by atoms with Gasteiger partial charge in [-0.2, -0.15) is 4.68 Å². The van der Waals surface area contributed by atoms with Gasteiger partial charge in [-0.3, -0.25) is 9.59 Å². The molecule has 11 nitrogen and oxygen atoms in total. The monoisotopic (exact) mass is 533 g/mol. The number of aromatic carboxylic acids is 1. The first-order chi connectivity index (χ1) is 18.3. The fraction of sp³-hybridized carbons (Fsp3) is 0.120. The molecular weight excluding hydrogens is 517 g/mol. The van der Waals surface area contributed by atoms with Crippen LogP contribution in [0.25, 0.3) is 27.7 Å². The van der Waals surface area contributed by atoms with Crippen LogP contribution in [0, 0.1) is 5.82 Å². The molecule has 2 aromatic carbocycles. The Morgan fingerprint density at radius 3 is 2.76 bits per heavy atom. The Bertz CT molecular complexity index is 1810. The lowest BCUT2D eigenvalue weighted by Gasteiger charge is -2.16. The number of aromatic nitrogens is 6. The first-order valence-electron chi connectivity index (χ1n) is 11.4. The van der Waals surface area contributed by atoms with E-state index in [-0.39, 0.29) is 16.3 Å². The molecule has 5 aromatic rings. The van der Waals surface area contributed by atoms with Crippen molar-refractivity contribution in [3.63, 3.8) is 0 Å². The zero-order chi connectivity index (χ0) is 26.6. The number of aryl methyl sites for hydroxylation is 1. The summed E-state index contributed by atoms with van der Waals surface area (Å²) in [5.41, 5.74) is 1.88. The van der Waals surface area contributed by atoms with Crippen LogP contribution in [0.4, 0.5) is 10.1 Å². The van der Waals surface area contributed by atoms with E-state index < -0.39 is 29.3 Å². The molecule has 4 heterocycles. The molecule has 0 saturated heterocycles. The molecule has 0 radical (unpaired) electrons. The van der Waals surface area contributed by atoms with Crippen molar-refractivity contribution >= 4 is 40.1 Å². The van der Waals surface area contributed by atoms with E-state index in [0.29, 0.717) is 46.4 Å². The normalized spacial score (nSPS) is 14.5. The molecule has 1 aliphatic rings. The second-order valence-corrected chi connectivity index (χ2v) is 9.19. The summed E-state index contributed by atoms with van der Waals surface area (Å²) in [7, 11) is 0. The van der Waals surface area contributed by atoms with Crippen molar-refractivity contribution in [1.82, 2.24) is 29.8 Å². The maximum atomic E-state index is 15.2. The van der Waals surface area contributed by atoms with Crippen molar-refractivity contribution < 1.29 is 19.1 Å². The number of hydrogen-bond acceptors (Lipinski definition) is 6. The summed E-state index contributed by atoms with van der Waals surface area (Å²) >= 11 is 6.05. The number of anilines is 1. The van der Waals surface area contributed by atoms with Crippen molar-refractivity contribution in [2.75, 3.05) is 5.32 Å². The Labute approximate surface area is 217 Å². The number of hydrogen-bond donors (Lipinski definition) is 3. The van der Waals surface area contributed by atoms with Gasteiger partial charge in [0.2, 0.25) is 5.91 Å². The highest BCUT2D eigenvalue weighted by atomic mass is 35.5. The lowest BCUT2D eigenvalue weighted by Crippen LogP contribution is -2.31. The van der Waals surface area contributed by atoms with Gasteiger partial charge in [-0.1, -0.05) is 11.6 Å². The maximum absolute atomic E-state index is 15.2. The van der Waals surface area contributed by atoms with Crippen LogP contribution in [0.15, 0.2) is 59.7 Å². The fourth-order valence-corrected chi connectivity index (χ4v) is 4.97. The number of benzene rings is 2. The topological polar surface area (TPSA) is 148 Å². The molecule has 3 N–H and O–H groups in total. The Kier molecular flexibility index (Phi) is 5.53. The van der Waals surface area contributed by atoms with Gasteiger partial charge in [0.15, 0.2) is 5.82 Å². The summed E-state index contributed by atoms with van der Waals surface area (Å²) in [6.07, 6.45) is 2.10. The third kappa shape index (κ3) is 3.91. The Morgan fingerprint density at radius 2 is 2.00 bits per heavy atom.